The molecule has 2 rings (SSSR count). The van der Waals surface area contributed by atoms with E-state index in [0.717, 1.165) is 5.56 Å². The van der Waals surface area contributed by atoms with E-state index in [-0.39, 0.29) is 18.7 Å². The molecule has 0 unspecified atom stereocenters. The summed E-state index contributed by atoms with van der Waals surface area (Å²) in [5.74, 6) is 0. The summed E-state index contributed by atoms with van der Waals surface area (Å²) in [4.78, 5) is 12.0. The van der Waals surface area contributed by atoms with E-state index in [2.05, 4.69) is 15.7 Å². The second-order valence-corrected chi connectivity index (χ2v) is 5.05. The molecule has 0 radical (unpaired) electrons. The molecule has 0 saturated carbocycles. The summed E-state index contributed by atoms with van der Waals surface area (Å²) in [6.07, 6.45) is 3.36. The van der Waals surface area contributed by atoms with E-state index < -0.39 is 6.04 Å². The Morgan fingerprint density at radius 2 is 2.05 bits per heavy atom. The van der Waals surface area contributed by atoms with Crippen molar-refractivity contribution in [1.29, 1.82) is 0 Å². The molecule has 21 heavy (non-hydrogen) atoms. The van der Waals surface area contributed by atoms with Gasteiger partial charge in [0, 0.05) is 12.2 Å². The minimum absolute atomic E-state index is 0.164. The summed E-state index contributed by atoms with van der Waals surface area (Å²) in [6, 6.07) is 8.76. The lowest BCUT2D eigenvalue weighted by molar-refractivity contribution is 0.225. The monoisotopic (exact) mass is 288 g/mol. The molecule has 1 atom stereocenters. The Morgan fingerprint density at radius 1 is 1.33 bits per heavy atom. The number of aliphatic hydroxyl groups excluding tert-OH is 1. The fourth-order valence-electron chi connectivity index (χ4n) is 1.93. The molecule has 0 saturated heterocycles. The van der Waals surface area contributed by atoms with Crippen molar-refractivity contribution >= 4 is 11.7 Å². The first-order chi connectivity index (χ1) is 10.1. The van der Waals surface area contributed by atoms with Crippen LogP contribution >= 0.6 is 0 Å². The third kappa shape index (κ3) is 4.06. The Labute approximate surface area is 123 Å². The van der Waals surface area contributed by atoms with Gasteiger partial charge in [-0.1, -0.05) is 30.3 Å². The van der Waals surface area contributed by atoms with Crippen LogP contribution in [0.15, 0.2) is 42.7 Å². The van der Waals surface area contributed by atoms with Crippen molar-refractivity contribution in [3.63, 3.8) is 0 Å². The van der Waals surface area contributed by atoms with Crippen molar-refractivity contribution in [2.24, 2.45) is 0 Å². The highest BCUT2D eigenvalue weighted by molar-refractivity contribution is 5.89. The number of aromatic nitrogens is 2. The second kappa shape index (κ2) is 6.90. The zero-order valence-electron chi connectivity index (χ0n) is 12.2. The average Bonchev–Trinajstić information content (AvgIpc) is 2.94. The molecule has 1 aromatic heterocycles. The van der Waals surface area contributed by atoms with Crippen molar-refractivity contribution in [1.82, 2.24) is 15.1 Å². The maximum absolute atomic E-state index is 12.0. The Hall–Kier alpha value is -2.34. The normalized spacial score (nSPS) is 12.2. The van der Waals surface area contributed by atoms with E-state index in [1.54, 1.807) is 17.1 Å². The largest absolute Gasteiger partial charge is 0.394 e. The highest BCUT2D eigenvalue weighted by atomic mass is 16.3. The van der Waals surface area contributed by atoms with Gasteiger partial charge in [0.05, 0.1) is 24.5 Å². The first-order valence-electron chi connectivity index (χ1n) is 6.87. The van der Waals surface area contributed by atoms with Gasteiger partial charge in [0.15, 0.2) is 0 Å². The number of carbonyl (C=O) groups is 1. The van der Waals surface area contributed by atoms with Gasteiger partial charge in [0.2, 0.25) is 0 Å². The summed E-state index contributed by atoms with van der Waals surface area (Å²) in [7, 11) is 0. The van der Waals surface area contributed by atoms with Crippen LogP contribution in [0.4, 0.5) is 10.5 Å². The smallest absolute Gasteiger partial charge is 0.319 e. The Morgan fingerprint density at radius 3 is 2.62 bits per heavy atom. The molecule has 2 amide bonds. The fourth-order valence-corrected chi connectivity index (χ4v) is 1.93. The predicted octanol–water partition coefficient (Wildman–Crippen LogP) is 2.32. The Kier molecular flexibility index (Phi) is 4.94. The van der Waals surface area contributed by atoms with Crippen molar-refractivity contribution in [3.8, 4) is 0 Å². The minimum Gasteiger partial charge on any atom is -0.394 e. The molecule has 6 nitrogen and oxygen atoms in total. The van der Waals surface area contributed by atoms with Crippen LogP contribution in [-0.2, 0) is 0 Å². The van der Waals surface area contributed by atoms with Crippen LogP contribution in [-0.4, -0.2) is 27.5 Å². The first-order valence-corrected chi connectivity index (χ1v) is 6.87. The first kappa shape index (κ1) is 15.1. The van der Waals surface area contributed by atoms with E-state index in [9.17, 15) is 9.90 Å². The van der Waals surface area contributed by atoms with Crippen molar-refractivity contribution in [2.45, 2.75) is 25.9 Å². The summed E-state index contributed by atoms with van der Waals surface area (Å²) in [5.41, 5.74) is 1.47. The van der Waals surface area contributed by atoms with Gasteiger partial charge in [-0.2, -0.15) is 5.10 Å². The van der Waals surface area contributed by atoms with Gasteiger partial charge in [0.25, 0.3) is 0 Å². The quantitative estimate of drug-likeness (QED) is 0.790. The number of amides is 2. The lowest BCUT2D eigenvalue weighted by Crippen LogP contribution is -2.34. The molecule has 1 heterocycles. The van der Waals surface area contributed by atoms with Crippen LogP contribution < -0.4 is 10.6 Å². The van der Waals surface area contributed by atoms with E-state index >= 15 is 0 Å². The number of urea groups is 1. The number of aliphatic hydroxyl groups is 1. The maximum atomic E-state index is 12.0. The van der Waals surface area contributed by atoms with Crippen LogP contribution in [0.2, 0.25) is 0 Å². The van der Waals surface area contributed by atoms with Gasteiger partial charge in [0.1, 0.15) is 0 Å². The topological polar surface area (TPSA) is 79.2 Å². The standard InChI is InChI=1S/C15H20N4O2/c1-11(2)19-9-13(8-16-19)17-15(21)18-14(10-20)12-6-4-3-5-7-12/h3-9,11,14,20H,10H2,1-2H3,(H2,17,18,21)/t14-/m1/s1. The summed E-state index contributed by atoms with van der Waals surface area (Å²) < 4.78 is 1.76. The van der Waals surface area contributed by atoms with Crippen LogP contribution in [0.1, 0.15) is 31.5 Å². The molecule has 0 aliphatic carbocycles. The number of nitrogens with zero attached hydrogens (tertiary/aromatic N) is 2. The molecule has 0 spiro atoms. The zero-order valence-corrected chi connectivity index (χ0v) is 12.2. The minimum atomic E-state index is -0.439. The van der Waals surface area contributed by atoms with Crippen molar-refractivity contribution in [3.05, 3.63) is 48.3 Å². The second-order valence-electron chi connectivity index (χ2n) is 5.05. The van der Waals surface area contributed by atoms with Crippen LogP contribution in [0.3, 0.4) is 0 Å². The summed E-state index contributed by atoms with van der Waals surface area (Å²) in [5, 5.41) is 19.0. The van der Waals surface area contributed by atoms with Crippen LogP contribution in [0.5, 0.6) is 0 Å². The SMILES string of the molecule is CC(C)n1cc(NC(=O)N[C@H](CO)c2ccccc2)cn1. The van der Waals surface area contributed by atoms with E-state index in [4.69, 9.17) is 0 Å². The molecular formula is C15H20N4O2. The van der Waals surface area contributed by atoms with Gasteiger partial charge < -0.3 is 15.7 Å². The van der Waals surface area contributed by atoms with Crippen molar-refractivity contribution < 1.29 is 9.90 Å². The number of anilines is 1. The number of carbonyl (C=O) groups excluding carboxylic acids is 1. The number of nitrogens with one attached hydrogen (secondary N) is 2. The third-order valence-electron chi connectivity index (χ3n) is 3.08. The molecule has 0 aliphatic rings. The number of hydrogen-bond donors (Lipinski definition) is 3. The molecule has 0 aliphatic heterocycles. The van der Waals surface area contributed by atoms with Crippen LogP contribution in [0.25, 0.3) is 0 Å². The van der Waals surface area contributed by atoms with Gasteiger partial charge in [-0.3, -0.25) is 4.68 Å². The molecule has 3 N–H and O–H groups in total. The number of rotatable bonds is 5. The summed E-state index contributed by atoms with van der Waals surface area (Å²) >= 11 is 0. The molecule has 6 heteroatoms. The summed E-state index contributed by atoms with van der Waals surface area (Å²) in [6.45, 7) is 3.85. The molecular weight excluding hydrogens is 268 g/mol. The van der Waals surface area contributed by atoms with Gasteiger partial charge >= 0.3 is 6.03 Å². The fraction of sp³-hybridized carbons (Fsp3) is 0.333. The lowest BCUT2D eigenvalue weighted by Gasteiger charge is -2.16. The highest BCUT2D eigenvalue weighted by Gasteiger charge is 2.14. The lowest BCUT2D eigenvalue weighted by atomic mass is 10.1. The van der Waals surface area contributed by atoms with Gasteiger partial charge in [-0.15, -0.1) is 0 Å². The Bertz CT molecular complexity index is 580. The van der Waals surface area contributed by atoms with Crippen LogP contribution in [0, 0.1) is 0 Å². The van der Waals surface area contributed by atoms with E-state index in [0.29, 0.717) is 5.69 Å². The van der Waals surface area contributed by atoms with Gasteiger partial charge in [-0.05, 0) is 19.4 Å². The molecule has 2 aromatic rings. The molecule has 0 fully saturated rings. The van der Waals surface area contributed by atoms with Crippen molar-refractivity contribution in [2.75, 3.05) is 11.9 Å². The van der Waals surface area contributed by atoms with E-state index in [1.165, 1.54) is 0 Å². The Balaban J connectivity index is 1.96. The molecule has 1 aromatic carbocycles. The number of hydrogen-bond acceptors (Lipinski definition) is 3. The third-order valence-corrected chi connectivity index (χ3v) is 3.08. The average molecular weight is 288 g/mol. The zero-order chi connectivity index (χ0) is 15.2. The predicted molar refractivity (Wildman–Crippen MR) is 81.0 cm³/mol. The maximum Gasteiger partial charge on any atom is 0.319 e. The number of benzene rings is 1. The van der Waals surface area contributed by atoms with Gasteiger partial charge in [-0.25, -0.2) is 4.79 Å². The highest BCUT2D eigenvalue weighted by Crippen LogP contribution is 2.13. The van der Waals surface area contributed by atoms with E-state index in [1.807, 2.05) is 44.2 Å². The molecule has 112 valence electrons. The molecule has 0 bridgehead atoms.